The second kappa shape index (κ2) is 15.5. The van der Waals surface area contributed by atoms with E-state index in [1.165, 1.54) is 89.9 Å². The molecule has 0 saturated carbocycles. The predicted octanol–water partition coefficient (Wildman–Crippen LogP) is 7.92. The molecule has 140 valence electrons. The van der Waals surface area contributed by atoms with E-state index in [4.69, 9.17) is 4.74 Å². The lowest BCUT2D eigenvalue weighted by Crippen LogP contribution is -2.19. The molecule has 23 heavy (non-hydrogen) atoms. The second-order valence-electron chi connectivity index (χ2n) is 8.74. The molecule has 0 aliphatic heterocycles. The van der Waals surface area contributed by atoms with E-state index in [2.05, 4.69) is 34.6 Å². The van der Waals surface area contributed by atoms with Crippen molar-refractivity contribution in [3.05, 3.63) is 0 Å². The van der Waals surface area contributed by atoms with Gasteiger partial charge in [0.15, 0.2) is 0 Å². The minimum atomic E-state index is 0.0361. The molecule has 0 spiro atoms. The summed E-state index contributed by atoms with van der Waals surface area (Å²) in [7, 11) is 0. The molecule has 0 aromatic rings. The molecule has 0 bridgehead atoms. The Labute approximate surface area is 148 Å². The molecule has 0 heterocycles. The van der Waals surface area contributed by atoms with Crippen LogP contribution in [0.4, 0.5) is 0 Å². The summed E-state index contributed by atoms with van der Waals surface area (Å²) in [5.41, 5.74) is 0.0361. The Morgan fingerprint density at radius 3 is 1.26 bits per heavy atom. The van der Waals surface area contributed by atoms with E-state index in [-0.39, 0.29) is 5.60 Å². The fourth-order valence-corrected chi connectivity index (χ4v) is 2.98. The molecule has 0 saturated heterocycles. The molecule has 0 aromatic heterocycles. The Balaban J connectivity index is 3.03. The van der Waals surface area contributed by atoms with Crippen LogP contribution in [0.5, 0.6) is 0 Å². The van der Waals surface area contributed by atoms with Crippen LogP contribution in [0, 0.1) is 5.92 Å². The Morgan fingerprint density at radius 2 is 0.913 bits per heavy atom. The first-order valence-corrected chi connectivity index (χ1v) is 10.6. The van der Waals surface area contributed by atoms with Gasteiger partial charge in [-0.05, 0) is 33.1 Å². The highest BCUT2D eigenvalue weighted by atomic mass is 16.5. The van der Waals surface area contributed by atoms with Gasteiger partial charge in [-0.25, -0.2) is 0 Å². The van der Waals surface area contributed by atoms with E-state index in [9.17, 15) is 0 Å². The summed E-state index contributed by atoms with van der Waals surface area (Å²) in [6.45, 7) is 12.0. The molecule has 0 radical (unpaired) electrons. The highest BCUT2D eigenvalue weighted by Crippen LogP contribution is 2.14. The minimum absolute atomic E-state index is 0.0361. The van der Waals surface area contributed by atoms with Crippen molar-refractivity contribution in [2.75, 3.05) is 6.61 Å². The highest BCUT2D eigenvalue weighted by molar-refractivity contribution is 4.58. The molecule has 0 fully saturated rings. The molecule has 0 rings (SSSR count). The van der Waals surface area contributed by atoms with Crippen molar-refractivity contribution in [3.8, 4) is 0 Å². The predicted molar refractivity (Wildman–Crippen MR) is 105 cm³/mol. The number of rotatable bonds is 16. The van der Waals surface area contributed by atoms with Crippen LogP contribution in [0.1, 0.15) is 125 Å². The molecule has 1 nitrogen and oxygen atoms in total. The van der Waals surface area contributed by atoms with E-state index in [1.54, 1.807) is 0 Å². The first-order chi connectivity index (χ1) is 10.9. The van der Waals surface area contributed by atoms with Crippen LogP contribution in [-0.2, 0) is 4.74 Å². The zero-order valence-electron chi connectivity index (χ0n) is 17.1. The third-order valence-electron chi connectivity index (χ3n) is 4.46. The summed E-state index contributed by atoms with van der Waals surface area (Å²) in [5.74, 6) is 0.890. The van der Waals surface area contributed by atoms with Gasteiger partial charge in [-0.1, -0.05) is 97.3 Å². The summed E-state index contributed by atoms with van der Waals surface area (Å²) in [4.78, 5) is 0. The number of hydrogen-bond acceptors (Lipinski definition) is 1. The second-order valence-corrected chi connectivity index (χ2v) is 8.74. The van der Waals surface area contributed by atoms with Gasteiger partial charge in [-0.2, -0.15) is 0 Å². The monoisotopic (exact) mass is 326 g/mol. The summed E-state index contributed by atoms with van der Waals surface area (Å²) >= 11 is 0. The van der Waals surface area contributed by atoms with Gasteiger partial charge >= 0.3 is 0 Å². The van der Waals surface area contributed by atoms with E-state index in [0.717, 1.165) is 12.5 Å². The maximum absolute atomic E-state index is 5.75. The molecule has 0 aliphatic carbocycles. The third kappa shape index (κ3) is 22.0. The lowest BCUT2D eigenvalue weighted by atomic mass is 10.0. The lowest BCUT2D eigenvalue weighted by Gasteiger charge is -2.19. The Bertz CT molecular complexity index is 227. The van der Waals surface area contributed by atoms with E-state index in [1.807, 2.05) is 0 Å². The molecule has 0 amide bonds. The summed E-state index contributed by atoms with van der Waals surface area (Å²) in [6, 6.07) is 0. The molecule has 0 aliphatic rings. The van der Waals surface area contributed by atoms with Crippen molar-refractivity contribution >= 4 is 0 Å². The molecular weight excluding hydrogens is 280 g/mol. The largest absolute Gasteiger partial charge is 0.376 e. The Kier molecular flexibility index (Phi) is 15.5. The van der Waals surface area contributed by atoms with Gasteiger partial charge in [0.05, 0.1) is 5.60 Å². The van der Waals surface area contributed by atoms with Crippen molar-refractivity contribution in [1.29, 1.82) is 0 Å². The Hall–Kier alpha value is -0.0400. The van der Waals surface area contributed by atoms with Crippen LogP contribution in [0.25, 0.3) is 0 Å². The van der Waals surface area contributed by atoms with Crippen molar-refractivity contribution in [3.63, 3.8) is 0 Å². The fraction of sp³-hybridized carbons (Fsp3) is 1.00. The highest BCUT2D eigenvalue weighted by Gasteiger charge is 2.08. The van der Waals surface area contributed by atoms with Gasteiger partial charge in [0.25, 0.3) is 0 Å². The molecular formula is C22H46O. The third-order valence-corrected chi connectivity index (χ3v) is 4.46. The van der Waals surface area contributed by atoms with Crippen LogP contribution < -0.4 is 0 Å². The molecule has 0 N–H and O–H groups in total. The smallest absolute Gasteiger partial charge is 0.0598 e. The topological polar surface area (TPSA) is 9.23 Å². The minimum Gasteiger partial charge on any atom is -0.376 e. The lowest BCUT2D eigenvalue weighted by molar-refractivity contribution is -0.00475. The van der Waals surface area contributed by atoms with Crippen molar-refractivity contribution in [2.45, 2.75) is 130 Å². The zero-order chi connectivity index (χ0) is 17.4. The number of hydrogen-bond donors (Lipinski definition) is 0. The van der Waals surface area contributed by atoms with Crippen LogP contribution in [0.2, 0.25) is 0 Å². The maximum Gasteiger partial charge on any atom is 0.0598 e. The standard InChI is InChI=1S/C22H46O/c1-21(2)19-17-15-13-11-9-7-6-8-10-12-14-16-18-20-23-22(3,4)5/h21H,6-20H2,1-5H3. The van der Waals surface area contributed by atoms with Crippen LogP contribution in [0.3, 0.4) is 0 Å². The average molecular weight is 327 g/mol. The van der Waals surface area contributed by atoms with Crippen LogP contribution >= 0.6 is 0 Å². The summed E-state index contributed by atoms with van der Waals surface area (Å²) < 4.78 is 5.75. The van der Waals surface area contributed by atoms with Crippen molar-refractivity contribution in [1.82, 2.24) is 0 Å². The van der Waals surface area contributed by atoms with Crippen molar-refractivity contribution in [2.24, 2.45) is 5.92 Å². The summed E-state index contributed by atoms with van der Waals surface area (Å²) in [6.07, 6.45) is 19.9. The van der Waals surface area contributed by atoms with Crippen molar-refractivity contribution < 1.29 is 4.74 Å². The van der Waals surface area contributed by atoms with Crippen LogP contribution in [-0.4, -0.2) is 12.2 Å². The van der Waals surface area contributed by atoms with Gasteiger partial charge in [-0.3, -0.25) is 0 Å². The first kappa shape index (κ1) is 23.0. The van der Waals surface area contributed by atoms with Gasteiger partial charge in [-0.15, -0.1) is 0 Å². The number of unbranched alkanes of at least 4 members (excludes halogenated alkanes) is 12. The van der Waals surface area contributed by atoms with Gasteiger partial charge in [0.2, 0.25) is 0 Å². The van der Waals surface area contributed by atoms with E-state index < -0.39 is 0 Å². The SMILES string of the molecule is CC(C)CCCCCCCCCCCCCCCOC(C)(C)C. The molecule has 0 aromatic carbocycles. The number of ether oxygens (including phenoxy) is 1. The Morgan fingerprint density at radius 1 is 0.565 bits per heavy atom. The molecule has 0 unspecified atom stereocenters. The first-order valence-electron chi connectivity index (χ1n) is 10.6. The van der Waals surface area contributed by atoms with Gasteiger partial charge < -0.3 is 4.74 Å². The van der Waals surface area contributed by atoms with Gasteiger partial charge in [0.1, 0.15) is 0 Å². The zero-order valence-corrected chi connectivity index (χ0v) is 17.1. The van der Waals surface area contributed by atoms with E-state index in [0.29, 0.717) is 0 Å². The maximum atomic E-state index is 5.75. The van der Waals surface area contributed by atoms with E-state index >= 15 is 0 Å². The summed E-state index contributed by atoms with van der Waals surface area (Å²) in [5, 5.41) is 0. The van der Waals surface area contributed by atoms with Crippen LogP contribution in [0.15, 0.2) is 0 Å². The molecule has 1 heteroatoms. The van der Waals surface area contributed by atoms with Gasteiger partial charge in [0, 0.05) is 6.61 Å². The fourth-order valence-electron chi connectivity index (χ4n) is 2.98. The quantitative estimate of drug-likeness (QED) is 0.262. The normalized spacial score (nSPS) is 12.3. The average Bonchev–Trinajstić information content (AvgIpc) is 2.45. The molecule has 0 atom stereocenters.